The van der Waals surface area contributed by atoms with Gasteiger partial charge < -0.3 is 4.40 Å². The molecule has 2 rings (SSSR count). The largest absolute Gasteiger partial charge is 0.321 e. The number of fused-ring (bicyclic) bond motifs is 1. The summed E-state index contributed by atoms with van der Waals surface area (Å²) >= 11 is 0. The highest BCUT2D eigenvalue weighted by Gasteiger charge is 2.20. The minimum atomic E-state index is -0.148. The van der Waals surface area contributed by atoms with Crippen molar-refractivity contribution in [2.45, 2.75) is 33.1 Å². The zero-order chi connectivity index (χ0) is 11.2. The minimum absolute atomic E-state index is 0.0581. The van der Waals surface area contributed by atoms with E-state index in [1.54, 1.807) is 6.07 Å². The Labute approximate surface area is 89.5 Å². The maximum Gasteiger partial charge on any atom is 0.147 e. The highest BCUT2D eigenvalue weighted by Crippen LogP contribution is 2.30. The second-order valence-corrected chi connectivity index (χ2v) is 5.03. The number of hydrogen-bond donors (Lipinski definition) is 0. The van der Waals surface area contributed by atoms with Crippen molar-refractivity contribution in [3.8, 4) is 0 Å². The summed E-state index contributed by atoms with van der Waals surface area (Å²) < 4.78 is 15.5. The van der Waals surface area contributed by atoms with E-state index in [1.165, 1.54) is 11.6 Å². The topological polar surface area (TPSA) is 4.41 Å². The fraction of sp³-hybridized carbons (Fsp3) is 0.385. The number of rotatable bonds is 0. The molecule has 0 radical (unpaired) electrons. The molecule has 0 saturated heterocycles. The van der Waals surface area contributed by atoms with Crippen LogP contribution in [-0.4, -0.2) is 4.40 Å². The first-order chi connectivity index (χ1) is 6.91. The number of aryl methyl sites for hydroxylation is 1. The van der Waals surface area contributed by atoms with Crippen molar-refractivity contribution < 1.29 is 4.39 Å². The standard InChI is InChI=1S/C13H16FN/c1-9-10(13(2,3)4)8-15-7-5-6-11(14)12(9)15/h5-8H,1-4H3. The van der Waals surface area contributed by atoms with Gasteiger partial charge in [0.15, 0.2) is 0 Å². The first-order valence-corrected chi connectivity index (χ1v) is 5.17. The molecule has 0 unspecified atom stereocenters. The van der Waals surface area contributed by atoms with E-state index in [0.29, 0.717) is 5.52 Å². The van der Waals surface area contributed by atoms with Crippen LogP contribution in [0.2, 0.25) is 0 Å². The van der Waals surface area contributed by atoms with Crippen molar-refractivity contribution >= 4 is 5.52 Å². The maximum absolute atomic E-state index is 13.6. The third-order valence-corrected chi connectivity index (χ3v) is 2.81. The summed E-state index contributed by atoms with van der Waals surface area (Å²) in [5.41, 5.74) is 3.00. The molecule has 2 heterocycles. The predicted octanol–water partition coefficient (Wildman–Crippen LogP) is 3.68. The molecule has 0 aliphatic carbocycles. The van der Waals surface area contributed by atoms with Gasteiger partial charge in [0, 0.05) is 12.4 Å². The Morgan fingerprint density at radius 2 is 1.93 bits per heavy atom. The van der Waals surface area contributed by atoms with Crippen LogP contribution in [0.3, 0.4) is 0 Å². The summed E-state index contributed by atoms with van der Waals surface area (Å²) in [6.45, 7) is 8.42. The van der Waals surface area contributed by atoms with E-state index in [-0.39, 0.29) is 11.2 Å². The van der Waals surface area contributed by atoms with Crippen LogP contribution < -0.4 is 0 Å². The molecule has 0 aromatic carbocycles. The summed E-state index contributed by atoms with van der Waals surface area (Å²) in [6, 6.07) is 3.24. The minimum Gasteiger partial charge on any atom is -0.321 e. The number of nitrogens with zero attached hydrogens (tertiary/aromatic N) is 1. The van der Waals surface area contributed by atoms with Gasteiger partial charge in [0.05, 0.1) is 5.52 Å². The van der Waals surface area contributed by atoms with Crippen LogP contribution in [0.4, 0.5) is 4.39 Å². The highest BCUT2D eigenvalue weighted by molar-refractivity contribution is 5.61. The quantitative estimate of drug-likeness (QED) is 0.618. The average Bonchev–Trinajstić information content (AvgIpc) is 2.44. The molecule has 0 spiro atoms. The van der Waals surface area contributed by atoms with E-state index in [9.17, 15) is 4.39 Å². The van der Waals surface area contributed by atoms with Gasteiger partial charge in [-0.05, 0) is 35.6 Å². The van der Waals surface area contributed by atoms with Crippen LogP contribution >= 0.6 is 0 Å². The molecule has 15 heavy (non-hydrogen) atoms. The molecule has 0 N–H and O–H groups in total. The Hall–Kier alpha value is -1.31. The monoisotopic (exact) mass is 205 g/mol. The third kappa shape index (κ3) is 1.54. The first-order valence-electron chi connectivity index (χ1n) is 5.17. The molecular weight excluding hydrogens is 189 g/mol. The predicted molar refractivity (Wildman–Crippen MR) is 60.8 cm³/mol. The fourth-order valence-corrected chi connectivity index (χ4v) is 2.10. The summed E-state index contributed by atoms with van der Waals surface area (Å²) in [5, 5.41) is 0. The molecule has 0 saturated carbocycles. The SMILES string of the molecule is Cc1c(C(C)(C)C)cn2cccc(F)c12. The number of aromatic nitrogens is 1. The molecule has 0 amide bonds. The Morgan fingerprint density at radius 1 is 1.27 bits per heavy atom. The first kappa shape index (κ1) is 10.2. The van der Waals surface area contributed by atoms with Gasteiger partial charge in [0.25, 0.3) is 0 Å². The van der Waals surface area contributed by atoms with E-state index in [4.69, 9.17) is 0 Å². The van der Waals surface area contributed by atoms with Gasteiger partial charge in [-0.25, -0.2) is 4.39 Å². The van der Waals surface area contributed by atoms with E-state index >= 15 is 0 Å². The summed E-state index contributed by atoms with van der Waals surface area (Å²) in [4.78, 5) is 0. The van der Waals surface area contributed by atoms with Crippen LogP contribution in [0, 0.1) is 12.7 Å². The molecule has 0 aliphatic rings. The van der Waals surface area contributed by atoms with Crippen molar-refractivity contribution in [1.29, 1.82) is 0 Å². The van der Waals surface area contributed by atoms with Crippen LogP contribution in [0.15, 0.2) is 24.5 Å². The van der Waals surface area contributed by atoms with E-state index in [0.717, 1.165) is 5.56 Å². The lowest BCUT2D eigenvalue weighted by atomic mass is 9.86. The van der Waals surface area contributed by atoms with Gasteiger partial charge in [-0.15, -0.1) is 0 Å². The lowest BCUT2D eigenvalue weighted by Gasteiger charge is -2.17. The molecular formula is C13H16FN. The normalized spacial score (nSPS) is 12.3. The van der Waals surface area contributed by atoms with E-state index < -0.39 is 0 Å². The molecule has 2 aromatic rings. The van der Waals surface area contributed by atoms with Crippen molar-refractivity contribution in [2.24, 2.45) is 0 Å². The van der Waals surface area contributed by atoms with Crippen LogP contribution in [-0.2, 0) is 5.41 Å². The van der Waals surface area contributed by atoms with Gasteiger partial charge in [0.1, 0.15) is 5.82 Å². The molecule has 80 valence electrons. The molecule has 0 aliphatic heterocycles. The van der Waals surface area contributed by atoms with Crippen molar-refractivity contribution in [3.63, 3.8) is 0 Å². The Bertz CT molecular complexity index is 503. The summed E-state index contributed by atoms with van der Waals surface area (Å²) in [7, 11) is 0. The Balaban J connectivity index is 2.82. The average molecular weight is 205 g/mol. The molecule has 2 heteroatoms. The molecule has 0 fully saturated rings. The second kappa shape index (κ2) is 3.09. The van der Waals surface area contributed by atoms with E-state index in [1.807, 2.05) is 23.7 Å². The molecule has 1 nitrogen and oxygen atoms in total. The zero-order valence-corrected chi connectivity index (χ0v) is 9.63. The van der Waals surface area contributed by atoms with Crippen LogP contribution in [0.1, 0.15) is 31.9 Å². The van der Waals surface area contributed by atoms with Crippen molar-refractivity contribution in [1.82, 2.24) is 4.40 Å². The van der Waals surface area contributed by atoms with E-state index in [2.05, 4.69) is 20.8 Å². The Morgan fingerprint density at radius 3 is 2.47 bits per heavy atom. The fourth-order valence-electron chi connectivity index (χ4n) is 2.10. The van der Waals surface area contributed by atoms with Gasteiger partial charge in [-0.2, -0.15) is 0 Å². The number of hydrogen-bond acceptors (Lipinski definition) is 0. The lowest BCUT2D eigenvalue weighted by molar-refractivity contribution is 0.587. The van der Waals surface area contributed by atoms with Crippen LogP contribution in [0.25, 0.3) is 5.52 Å². The van der Waals surface area contributed by atoms with Crippen LogP contribution in [0.5, 0.6) is 0 Å². The van der Waals surface area contributed by atoms with Gasteiger partial charge in [0.2, 0.25) is 0 Å². The molecule has 2 aromatic heterocycles. The van der Waals surface area contributed by atoms with Gasteiger partial charge in [-0.1, -0.05) is 20.8 Å². The highest BCUT2D eigenvalue weighted by atomic mass is 19.1. The van der Waals surface area contributed by atoms with Gasteiger partial charge >= 0.3 is 0 Å². The molecule has 0 bridgehead atoms. The Kier molecular flexibility index (Phi) is 2.10. The zero-order valence-electron chi connectivity index (χ0n) is 9.63. The maximum atomic E-state index is 13.6. The third-order valence-electron chi connectivity index (χ3n) is 2.81. The lowest BCUT2D eigenvalue weighted by Crippen LogP contribution is -2.11. The van der Waals surface area contributed by atoms with Gasteiger partial charge in [-0.3, -0.25) is 0 Å². The second-order valence-electron chi connectivity index (χ2n) is 5.03. The summed E-state index contributed by atoms with van der Waals surface area (Å²) in [6.07, 6.45) is 3.91. The summed E-state index contributed by atoms with van der Waals surface area (Å²) in [5.74, 6) is -0.148. The number of halogens is 1. The smallest absolute Gasteiger partial charge is 0.147 e. The van der Waals surface area contributed by atoms with Crippen molar-refractivity contribution in [3.05, 3.63) is 41.5 Å². The molecule has 0 atom stereocenters. The van der Waals surface area contributed by atoms with Crippen molar-refractivity contribution in [2.75, 3.05) is 0 Å². The number of pyridine rings is 1.